The number of carbonyl (C=O) groups excluding carboxylic acids is 1. The standard InChI is InChI=1S/C13H12ClNOS/c1-9-4-5-10(7-11(9)14)15-8-12(16)13-3-2-6-17-13/h2-7,15H,8H2,1H3. The number of benzene rings is 1. The van der Waals surface area contributed by atoms with Crippen molar-refractivity contribution in [2.24, 2.45) is 0 Å². The smallest absolute Gasteiger partial charge is 0.191 e. The number of anilines is 1. The van der Waals surface area contributed by atoms with Crippen LogP contribution in [0.25, 0.3) is 0 Å². The Morgan fingerprint density at radius 2 is 2.24 bits per heavy atom. The van der Waals surface area contributed by atoms with E-state index in [2.05, 4.69) is 5.32 Å². The first-order valence-corrected chi connectivity index (χ1v) is 6.49. The summed E-state index contributed by atoms with van der Waals surface area (Å²) >= 11 is 7.46. The van der Waals surface area contributed by atoms with Crippen molar-refractivity contribution in [2.45, 2.75) is 6.92 Å². The highest BCUT2D eigenvalue weighted by molar-refractivity contribution is 7.12. The molecule has 0 saturated carbocycles. The van der Waals surface area contributed by atoms with E-state index in [1.807, 2.05) is 42.6 Å². The van der Waals surface area contributed by atoms with Crippen molar-refractivity contribution < 1.29 is 4.79 Å². The maximum Gasteiger partial charge on any atom is 0.191 e. The Morgan fingerprint density at radius 1 is 1.41 bits per heavy atom. The minimum Gasteiger partial charge on any atom is -0.378 e. The van der Waals surface area contributed by atoms with Gasteiger partial charge in [-0.15, -0.1) is 11.3 Å². The van der Waals surface area contributed by atoms with Gasteiger partial charge < -0.3 is 5.32 Å². The molecule has 1 heterocycles. The molecule has 0 saturated heterocycles. The van der Waals surface area contributed by atoms with Gasteiger partial charge in [0.1, 0.15) is 0 Å². The van der Waals surface area contributed by atoms with E-state index in [0.717, 1.165) is 16.1 Å². The van der Waals surface area contributed by atoms with Crippen molar-refractivity contribution in [3.63, 3.8) is 0 Å². The van der Waals surface area contributed by atoms with Crippen LogP contribution in [0.1, 0.15) is 15.2 Å². The molecular formula is C13H12ClNOS. The summed E-state index contributed by atoms with van der Waals surface area (Å²) in [6.07, 6.45) is 0. The second-order valence-electron chi connectivity index (χ2n) is 3.72. The van der Waals surface area contributed by atoms with Crippen molar-refractivity contribution in [1.82, 2.24) is 0 Å². The molecule has 1 N–H and O–H groups in total. The van der Waals surface area contributed by atoms with Crippen LogP contribution in [-0.4, -0.2) is 12.3 Å². The van der Waals surface area contributed by atoms with Gasteiger partial charge in [-0.1, -0.05) is 23.7 Å². The van der Waals surface area contributed by atoms with Gasteiger partial charge in [-0.25, -0.2) is 0 Å². The van der Waals surface area contributed by atoms with Crippen LogP contribution in [0.4, 0.5) is 5.69 Å². The minimum absolute atomic E-state index is 0.0942. The average molecular weight is 266 g/mol. The molecule has 0 aliphatic heterocycles. The van der Waals surface area contributed by atoms with E-state index in [9.17, 15) is 4.79 Å². The predicted octanol–water partition coefficient (Wildman–Crippen LogP) is 4.00. The molecule has 0 aliphatic rings. The van der Waals surface area contributed by atoms with Gasteiger partial charge in [0.05, 0.1) is 11.4 Å². The molecule has 0 bridgehead atoms. The number of hydrogen-bond donors (Lipinski definition) is 1. The number of ketones is 1. The molecule has 0 unspecified atom stereocenters. The molecule has 0 spiro atoms. The molecule has 0 atom stereocenters. The summed E-state index contributed by atoms with van der Waals surface area (Å²) in [4.78, 5) is 12.5. The second kappa shape index (κ2) is 5.34. The molecule has 0 radical (unpaired) electrons. The van der Waals surface area contributed by atoms with Crippen LogP contribution in [0.5, 0.6) is 0 Å². The van der Waals surface area contributed by atoms with Gasteiger partial charge in [-0.05, 0) is 36.1 Å². The molecule has 0 fully saturated rings. The van der Waals surface area contributed by atoms with Crippen molar-refractivity contribution in [2.75, 3.05) is 11.9 Å². The molecule has 2 rings (SSSR count). The molecule has 88 valence electrons. The van der Waals surface area contributed by atoms with Crippen molar-refractivity contribution in [3.8, 4) is 0 Å². The number of thiophene rings is 1. The van der Waals surface area contributed by atoms with Gasteiger partial charge in [0, 0.05) is 10.7 Å². The lowest BCUT2D eigenvalue weighted by molar-refractivity contribution is 0.101. The normalized spacial score (nSPS) is 10.2. The maximum atomic E-state index is 11.7. The molecule has 1 aromatic heterocycles. The van der Waals surface area contributed by atoms with Crippen molar-refractivity contribution >= 4 is 34.4 Å². The molecule has 1 aromatic carbocycles. The van der Waals surface area contributed by atoms with Gasteiger partial charge in [0.2, 0.25) is 0 Å². The molecule has 17 heavy (non-hydrogen) atoms. The van der Waals surface area contributed by atoms with Crippen LogP contribution in [0.15, 0.2) is 35.7 Å². The number of hydrogen-bond acceptors (Lipinski definition) is 3. The van der Waals surface area contributed by atoms with Crippen LogP contribution < -0.4 is 5.32 Å². The quantitative estimate of drug-likeness (QED) is 0.847. The van der Waals surface area contributed by atoms with E-state index in [1.54, 1.807) is 0 Å². The van der Waals surface area contributed by atoms with Gasteiger partial charge in [-0.2, -0.15) is 0 Å². The fraction of sp³-hybridized carbons (Fsp3) is 0.154. The third-order valence-electron chi connectivity index (χ3n) is 2.42. The minimum atomic E-state index is 0.0942. The Bertz CT molecular complexity index is 522. The van der Waals surface area contributed by atoms with Crippen LogP contribution in [0.2, 0.25) is 5.02 Å². The number of halogens is 1. The van der Waals surface area contributed by atoms with E-state index >= 15 is 0 Å². The van der Waals surface area contributed by atoms with Gasteiger partial charge in [0.25, 0.3) is 0 Å². The number of rotatable bonds is 4. The second-order valence-corrected chi connectivity index (χ2v) is 5.07. The molecule has 2 aromatic rings. The van der Waals surface area contributed by atoms with Crippen LogP contribution in [0.3, 0.4) is 0 Å². The molecular weight excluding hydrogens is 254 g/mol. The van der Waals surface area contributed by atoms with Crippen molar-refractivity contribution in [1.29, 1.82) is 0 Å². The van der Waals surface area contributed by atoms with E-state index in [4.69, 9.17) is 11.6 Å². The summed E-state index contributed by atoms with van der Waals surface area (Å²) in [6, 6.07) is 9.39. The Kier molecular flexibility index (Phi) is 3.82. The fourth-order valence-electron chi connectivity index (χ4n) is 1.41. The van der Waals surface area contributed by atoms with Crippen LogP contribution in [-0.2, 0) is 0 Å². The lowest BCUT2D eigenvalue weighted by Gasteiger charge is -2.06. The lowest BCUT2D eigenvalue weighted by Crippen LogP contribution is -2.12. The highest BCUT2D eigenvalue weighted by atomic mass is 35.5. The molecule has 0 aliphatic carbocycles. The first kappa shape index (κ1) is 12.1. The molecule has 0 amide bonds. The maximum absolute atomic E-state index is 11.7. The molecule has 4 heteroatoms. The van der Waals surface area contributed by atoms with Gasteiger partial charge >= 0.3 is 0 Å². The zero-order valence-electron chi connectivity index (χ0n) is 9.37. The zero-order chi connectivity index (χ0) is 12.3. The van der Waals surface area contributed by atoms with E-state index in [1.165, 1.54) is 11.3 Å². The topological polar surface area (TPSA) is 29.1 Å². The summed E-state index contributed by atoms with van der Waals surface area (Å²) in [5.41, 5.74) is 1.90. The summed E-state index contributed by atoms with van der Waals surface area (Å²) in [6.45, 7) is 2.24. The van der Waals surface area contributed by atoms with Gasteiger partial charge in [-0.3, -0.25) is 4.79 Å². The first-order chi connectivity index (χ1) is 8.16. The Hall–Kier alpha value is -1.32. The first-order valence-electron chi connectivity index (χ1n) is 5.23. The summed E-state index contributed by atoms with van der Waals surface area (Å²) in [5, 5.41) is 5.68. The Morgan fingerprint density at radius 3 is 2.88 bits per heavy atom. The lowest BCUT2D eigenvalue weighted by atomic mass is 10.2. The monoisotopic (exact) mass is 265 g/mol. The predicted molar refractivity (Wildman–Crippen MR) is 73.3 cm³/mol. The summed E-state index contributed by atoms with van der Waals surface area (Å²) in [5.74, 6) is 0.0942. The van der Waals surface area contributed by atoms with E-state index in [-0.39, 0.29) is 5.78 Å². The SMILES string of the molecule is Cc1ccc(NCC(=O)c2cccs2)cc1Cl. The van der Waals surface area contributed by atoms with Gasteiger partial charge in [0.15, 0.2) is 5.78 Å². The van der Waals surface area contributed by atoms with Crippen LogP contribution in [0, 0.1) is 6.92 Å². The Balaban J connectivity index is 1.98. The third-order valence-corrected chi connectivity index (χ3v) is 3.74. The fourth-order valence-corrected chi connectivity index (χ4v) is 2.25. The zero-order valence-corrected chi connectivity index (χ0v) is 10.9. The number of Topliss-reactive ketones (excluding diaryl/α,β-unsaturated/α-hetero) is 1. The summed E-state index contributed by atoms with van der Waals surface area (Å²) < 4.78 is 0. The highest BCUT2D eigenvalue weighted by Crippen LogP contribution is 2.20. The number of nitrogens with one attached hydrogen (secondary N) is 1. The number of aryl methyl sites for hydroxylation is 1. The van der Waals surface area contributed by atoms with Crippen LogP contribution >= 0.6 is 22.9 Å². The number of carbonyl (C=O) groups is 1. The summed E-state index contributed by atoms with van der Waals surface area (Å²) in [7, 11) is 0. The van der Waals surface area contributed by atoms with Crippen molar-refractivity contribution in [3.05, 3.63) is 51.2 Å². The van der Waals surface area contributed by atoms with E-state index in [0.29, 0.717) is 11.6 Å². The Labute approximate surface area is 109 Å². The largest absolute Gasteiger partial charge is 0.378 e. The highest BCUT2D eigenvalue weighted by Gasteiger charge is 2.06. The molecule has 2 nitrogen and oxygen atoms in total. The van der Waals surface area contributed by atoms with E-state index < -0.39 is 0 Å². The third kappa shape index (κ3) is 3.08. The average Bonchev–Trinajstić information content (AvgIpc) is 2.84.